The van der Waals surface area contributed by atoms with Crippen molar-refractivity contribution in [1.29, 1.82) is 0 Å². The zero-order chi connectivity index (χ0) is 19.1. The van der Waals surface area contributed by atoms with Gasteiger partial charge in [-0.3, -0.25) is 4.90 Å². The average molecular weight is 359 g/mol. The number of aryl methyl sites for hydroxylation is 2. The lowest BCUT2D eigenvalue weighted by molar-refractivity contribution is -0.0510. The molecule has 1 fully saturated rings. The maximum atomic E-state index is 12.7. The van der Waals surface area contributed by atoms with E-state index >= 15 is 0 Å². The summed E-state index contributed by atoms with van der Waals surface area (Å²) in [5.41, 5.74) is 4.30. The summed E-state index contributed by atoms with van der Waals surface area (Å²) in [6.07, 6.45) is 2.67. The number of hydrogen-bond acceptors (Lipinski definition) is 4. The third kappa shape index (κ3) is 3.73. The lowest BCUT2D eigenvalue weighted by atomic mass is 9.87. The first kappa shape index (κ1) is 18.8. The largest absolute Gasteiger partial charge is 0.496 e. The molecule has 0 saturated carbocycles. The van der Waals surface area contributed by atoms with Crippen molar-refractivity contribution in [2.75, 3.05) is 20.3 Å². The van der Waals surface area contributed by atoms with Gasteiger partial charge in [0.15, 0.2) is 0 Å². The van der Waals surface area contributed by atoms with E-state index in [1.54, 1.807) is 7.11 Å². The fraction of sp³-hybridized carbons (Fsp3) is 0.571. The predicted octanol–water partition coefficient (Wildman–Crippen LogP) is 4.10. The van der Waals surface area contributed by atoms with Crippen LogP contribution in [0.4, 0.5) is 4.79 Å². The van der Waals surface area contributed by atoms with Crippen molar-refractivity contribution in [1.82, 2.24) is 4.90 Å². The fourth-order valence-electron chi connectivity index (χ4n) is 3.75. The minimum atomic E-state index is -0.500. The topological polar surface area (TPSA) is 48.0 Å². The van der Waals surface area contributed by atoms with E-state index in [1.165, 1.54) is 16.7 Å². The Morgan fingerprint density at radius 1 is 1.19 bits per heavy atom. The van der Waals surface area contributed by atoms with Crippen LogP contribution in [0.5, 0.6) is 5.75 Å². The molecule has 2 bridgehead atoms. The number of morpholine rings is 1. The Morgan fingerprint density at radius 3 is 2.54 bits per heavy atom. The van der Waals surface area contributed by atoms with Gasteiger partial charge in [-0.2, -0.15) is 0 Å². The highest BCUT2D eigenvalue weighted by atomic mass is 16.6. The van der Waals surface area contributed by atoms with Gasteiger partial charge in [0.05, 0.1) is 32.4 Å². The third-order valence-corrected chi connectivity index (χ3v) is 4.89. The van der Waals surface area contributed by atoms with Gasteiger partial charge in [0.1, 0.15) is 11.4 Å². The van der Waals surface area contributed by atoms with E-state index in [9.17, 15) is 4.79 Å². The van der Waals surface area contributed by atoms with Crippen molar-refractivity contribution in [2.24, 2.45) is 0 Å². The average Bonchev–Trinajstić information content (AvgIpc) is 2.53. The molecule has 1 saturated heterocycles. The van der Waals surface area contributed by atoms with Crippen LogP contribution in [0.1, 0.15) is 43.9 Å². The molecule has 2 aliphatic rings. The number of ether oxygens (including phenoxy) is 3. The van der Waals surface area contributed by atoms with E-state index < -0.39 is 5.60 Å². The molecule has 0 N–H and O–H groups in total. The molecule has 0 radical (unpaired) electrons. The number of carbonyl (C=O) groups is 1. The van der Waals surface area contributed by atoms with E-state index in [0.29, 0.717) is 13.2 Å². The van der Waals surface area contributed by atoms with E-state index in [1.807, 2.05) is 25.7 Å². The number of carbonyl (C=O) groups excluding carboxylic acids is 1. The molecule has 2 atom stereocenters. The Hall–Kier alpha value is -2.01. The molecule has 5 heteroatoms. The van der Waals surface area contributed by atoms with E-state index in [0.717, 1.165) is 17.7 Å². The second kappa shape index (κ2) is 6.95. The van der Waals surface area contributed by atoms with Crippen molar-refractivity contribution in [3.8, 4) is 5.75 Å². The fourth-order valence-corrected chi connectivity index (χ4v) is 3.75. The molecule has 0 spiro atoms. The van der Waals surface area contributed by atoms with Gasteiger partial charge in [0, 0.05) is 0 Å². The van der Waals surface area contributed by atoms with Gasteiger partial charge in [0.2, 0.25) is 0 Å². The van der Waals surface area contributed by atoms with Crippen LogP contribution in [0.25, 0.3) is 5.57 Å². The quantitative estimate of drug-likeness (QED) is 0.797. The molecule has 1 aromatic carbocycles. The van der Waals surface area contributed by atoms with Gasteiger partial charge in [-0.15, -0.1) is 0 Å². The van der Waals surface area contributed by atoms with Crippen LogP contribution < -0.4 is 4.74 Å². The van der Waals surface area contributed by atoms with Crippen LogP contribution in [0, 0.1) is 13.8 Å². The SMILES string of the molecule is COc1cc(C)c(C2=CC3COCC(C2)N3C(=O)OC(C)(C)C)cc1C. The number of hydrogen-bond donors (Lipinski definition) is 0. The van der Waals surface area contributed by atoms with E-state index in [4.69, 9.17) is 14.2 Å². The third-order valence-electron chi connectivity index (χ3n) is 4.89. The molecule has 2 aliphatic heterocycles. The molecule has 1 amide bonds. The van der Waals surface area contributed by atoms with Crippen molar-refractivity contribution < 1.29 is 19.0 Å². The minimum absolute atomic E-state index is 0.00501. The first-order chi connectivity index (χ1) is 12.2. The van der Waals surface area contributed by atoms with Crippen molar-refractivity contribution >= 4 is 11.7 Å². The maximum absolute atomic E-state index is 12.7. The molecule has 2 unspecified atom stereocenters. The second-order valence-electron chi connectivity index (χ2n) is 8.18. The van der Waals surface area contributed by atoms with Crippen molar-refractivity contribution in [2.45, 2.75) is 58.7 Å². The summed E-state index contributed by atoms with van der Waals surface area (Å²) in [6, 6.07) is 4.18. The summed E-state index contributed by atoms with van der Waals surface area (Å²) in [5.74, 6) is 0.904. The summed E-state index contributed by atoms with van der Waals surface area (Å²) in [6.45, 7) is 10.9. The lowest BCUT2D eigenvalue weighted by Gasteiger charge is -2.44. The molecule has 0 aromatic heterocycles. The maximum Gasteiger partial charge on any atom is 0.411 e. The predicted molar refractivity (Wildman–Crippen MR) is 102 cm³/mol. The van der Waals surface area contributed by atoms with Gasteiger partial charge in [0.25, 0.3) is 0 Å². The number of rotatable bonds is 2. The van der Waals surface area contributed by atoms with Crippen molar-refractivity contribution in [3.63, 3.8) is 0 Å². The summed E-state index contributed by atoms with van der Waals surface area (Å²) >= 11 is 0. The Bertz CT molecular complexity index is 732. The van der Waals surface area contributed by atoms with Crippen LogP contribution in [-0.4, -0.2) is 49.0 Å². The summed E-state index contributed by atoms with van der Waals surface area (Å²) < 4.78 is 16.7. The summed E-state index contributed by atoms with van der Waals surface area (Å²) in [4.78, 5) is 14.5. The van der Waals surface area contributed by atoms with Crippen LogP contribution in [-0.2, 0) is 9.47 Å². The molecule has 5 nitrogen and oxygen atoms in total. The summed E-state index contributed by atoms with van der Waals surface area (Å²) in [5, 5.41) is 0. The number of amides is 1. The highest BCUT2D eigenvalue weighted by Crippen LogP contribution is 2.36. The van der Waals surface area contributed by atoms with Crippen LogP contribution in [0.3, 0.4) is 0 Å². The molecule has 0 aliphatic carbocycles. The van der Waals surface area contributed by atoms with Crippen LogP contribution in [0.2, 0.25) is 0 Å². The minimum Gasteiger partial charge on any atom is -0.496 e. The molecule has 142 valence electrons. The molecule has 2 heterocycles. The first-order valence-electron chi connectivity index (χ1n) is 9.15. The first-order valence-corrected chi connectivity index (χ1v) is 9.15. The number of benzene rings is 1. The lowest BCUT2D eigenvalue weighted by Crippen LogP contribution is -2.57. The summed E-state index contributed by atoms with van der Waals surface area (Å²) in [7, 11) is 1.70. The van der Waals surface area contributed by atoms with Gasteiger partial charge < -0.3 is 14.2 Å². The Kier molecular flexibility index (Phi) is 5.02. The van der Waals surface area contributed by atoms with E-state index in [-0.39, 0.29) is 18.2 Å². The highest BCUT2D eigenvalue weighted by molar-refractivity contribution is 5.76. The Morgan fingerprint density at radius 2 is 1.92 bits per heavy atom. The van der Waals surface area contributed by atoms with Gasteiger partial charge in [-0.25, -0.2) is 4.79 Å². The molecule has 3 rings (SSSR count). The van der Waals surface area contributed by atoms with Crippen molar-refractivity contribution in [3.05, 3.63) is 34.9 Å². The highest BCUT2D eigenvalue weighted by Gasteiger charge is 2.40. The van der Waals surface area contributed by atoms with E-state index in [2.05, 4.69) is 32.1 Å². The monoisotopic (exact) mass is 359 g/mol. The van der Waals surface area contributed by atoms with Gasteiger partial charge >= 0.3 is 6.09 Å². The molecule has 1 aromatic rings. The zero-order valence-electron chi connectivity index (χ0n) is 16.6. The number of fused-ring (bicyclic) bond motifs is 2. The van der Waals surface area contributed by atoms with Crippen LogP contribution in [0.15, 0.2) is 18.2 Å². The van der Waals surface area contributed by atoms with Crippen LogP contribution >= 0.6 is 0 Å². The molecular formula is C21H29NO4. The number of methoxy groups -OCH3 is 1. The zero-order valence-corrected chi connectivity index (χ0v) is 16.6. The Labute approximate surface area is 155 Å². The van der Waals surface area contributed by atoms with Gasteiger partial charge in [-0.05, 0) is 75.4 Å². The number of nitrogens with zero attached hydrogens (tertiary/aromatic N) is 1. The smallest absolute Gasteiger partial charge is 0.411 e. The standard InChI is InChI=1S/C21H29NO4/c1-13-8-19(24-6)14(2)7-18(13)15-9-16-11-25-12-17(10-15)22(16)20(23)26-21(3,4)5/h7-9,16-17H,10-12H2,1-6H3. The molecule has 26 heavy (non-hydrogen) atoms. The van der Waals surface area contributed by atoms with Gasteiger partial charge in [-0.1, -0.05) is 6.08 Å². The second-order valence-corrected chi connectivity index (χ2v) is 8.18. The molecular weight excluding hydrogens is 330 g/mol. The Balaban J connectivity index is 1.91. The normalized spacial score (nSPS) is 22.7.